The maximum Gasteiger partial charge on any atom is 0.255 e. The number of rotatable bonds is 1. The summed E-state index contributed by atoms with van der Waals surface area (Å²) in [6.07, 6.45) is 3.39. The Morgan fingerprint density at radius 3 is 2.69 bits per heavy atom. The van der Waals surface area contributed by atoms with Gasteiger partial charge in [-0.2, -0.15) is 4.39 Å². The Bertz CT molecular complexity index is 369. The lowest BCUT2D eigenvalue weighted by Crippen LogP contribution is -2.37. The van der Waals surface area contributed by atoms with Crippen molar-refractivity contribution >= 4 is 5.91 Å². The average molecular weight is 222 g/mol. The molecule has 2 rings (SSSR count). The van der Waals surface area contributed by atoms with Crippen molar-refractivity contribution in [2.75, 3.05) is 13.1 Å². The van der Waals surface area contributed by atoms with E-state index in [-0.39, 0.29) is 5.91 Å². The van der Waals surface area contributed by atoms with Crippen LogP contribution in [-0.4, -0.2) is 28.9 Å². The van der Waals surface area contributed by atoms with Crippen LogP contribution < -0.4 is 0 Å². The van der Waals surface area contributed by atoms with Gasteiger partial charge in [0.2, 0.25) is 5.95 Å². The number of halogens is 1. The first-order chi connectivity index (χ1) is 7.66. The fourth-order valence-corrected chi connectivity index (χ4v) is 1.90. The van der Waals surface area contributed by atoms with E-state index in [0.29, 0.717) is 11.5 Å². The third-order valence-electron chi connectivity index (χ3n) is 3.05. The van der Waals surface area contributed by atoms with Crippen LogP contribution in [0, 0.1) is 11.9 Å². The number of carbonyl (C=O) groups is 1. The molecule has 0 saturated carbocycles. The topological polar surface area (TPSA) is 33.2 Å². The number of aromatic nitrogens is 1. The summed E-state index contributed by atoms with van der Waals surface area (Å²) in [6.45, 7) is 3.77. The van der Waals surface area contributed by atoms with Gasteiger partial charge in [-0.15, -0.1) is 0 Å². The minimum atomic E-state index is -0.552. The van der Waals surface area contributed by atoms with Crippen molar-refractivity contribution in [1.29, 1.82) is 0 Å². The molecule has 0 atom stereocenters. The number of likely N-dealkylation sites (tertiary alicyclic amines) is 1. The molecule has 16 heavy (non-hydrogen) atoms. The predicted molar refractivity (Wildman–Crippen MR) is 58.5 cm³/mol. The van der Waals surface area contributed by atoms with Crippen LogP contribution in [0.2, 0.25) is 0 Å². The van der Waals surface area contributed by atoms with Gasteiger partial charge in [0.25, 0.3) is 5.91 Å². The number of hydrogen-bond acceptors (Lipinski definition) is 2. The molecule has 0 aromatic carbocycles. The molecule has 3 nitrogen and oxygen atoms in total. The summed E-state index contributed by atoms with van der Waals surface area (Å²) >= 11 is 0. The molecular formula is C12H15FN2O. The first-order valence-electron chi connectivity index (χ1n) is 5.57. The number of carbonyl (C=O) groups excluding carboxylic acids is 1. The third-order valence-corrected chi connectivity index (χ3v) is 3.05. The summed E-state index contributed by atoms with van der Waals surface area (Å²) < 4.78 is 12.6. The van der Waals surface area contributed by atoms with Crippen molar-refractivity contribution in [3.63, 3.8) is 0 Å². The molecule has 4 heteroatoms. The summed E-state index contributed by atoms with van der Waals surface area (Å²) in [5.74, 6) is 0.0959. The molecule has 0 unspecified atom stereocenters. The summed E-state index contributed by atoms with van der Waals surface area (Å²) in [6, 6.07) is 2.71. The number of nitrogens with zero attached hydrogens (tertiary/aromatic N) is 2. The van der Waals surface area contributed by atoms with Gasteiger partial charge in [0, 0.05) is 19.3 Å². The molecule has 0 aliphatic carbocycles. The molecule has 0 radical (unpaired) electrons. The van der Waals surface area contributed by atoms with E-state index in [9.17, 15) is 9.18 Å². The van der Waals surface area contributed by atoms with Crippen LogP contribution in [0.4, 0.5) is 4.39 Å². The largest absolute Gasteiger partial charge is 0.339 e. The zero-order valence-electron chi connectivity index (χ0n) is 9.32. The summed E-state index contributed by atoms with van der Waals surface area (Å²) in [7, 11) is 0. The van der Waals surface area contributed by atoms with Gasteiger partial charge in [0.1, 0.15) is 0 Å². The molecule has 1 amide bonds. The van der Waals surface area contributed by atoms with Crippen LogP contribution in [-0.2, 0) is 0 Å². The van der Waals surface area contributed by atoms with Gasteiger partial charge in [0.15, 0.2) is 0 Å². The van der Waals surface area contributed by atoms with Crippen LogP contribution in [0.3, 0.4) is 0 Å². The summed E-state index contributed by atoms with van der Waals surface area (Å²) in [5, 5.41) is 0. The number of hydrogen-bond donors (Lipinski definition) is 0. The van der Waals surface area contributed by atoms with E-state index in [1.807, 2.05) is 4.90 Å². The highest BCUT2D eigenvalue weighted by Gasteiger charge is 2.21. The van der Waals surface area contributed by atoms with Crippen molar-refractivity contribution < 1.29 is 9.18 Å². The molecule has 1 aliphatic rings. The molecule has 0 N–H and O–H groups in total. The van der Waals surface area contributed by atoms with Crippen LogP contribution in [0.15, 0.2) is 18.3 Å². The second-order valence-corrected chi connectivity index (χ2v) is 4.34. The van der Waals surface area contributed by atoms with Crippen molar-refractivity contribution in [1.82, 2.24) is 9.88 Å². The zero-order valence-corrected chi connectivity index (χ0v) is 9.32. The van der Waals surface area contributed by atoms with Gasteiger partial charge in [-0.25, -0.2) is 4.98 Å². The van der Waals surface area contributed by atoms with Crippen LogP contribution in [0.1, 0.15) is 30.1 Å². The van der Waals surface area contributed by atoms with Gasteiger partial charge >= 0.3 is 0 Å². The van der Waals surface area contributed by atoms with E-state index in [0.717, 1.165) is 25.9 Å². The van der Waals surface area contributed by atoms with Gasteiger partial charge in [-0.3, -0.25) is 4.79 Å². The molecule has 1 aromatic heterocycles. The second kappa shape index (κ2) is 4.60. The Morgan fingerprint density at radius 2 is 2.12 bits per heavy atom. The summed E-state index contributed by atoms with van der Waals surface area (Å²) in [5.41, 5.74) is 0.468. The molecule has 86 valence electrons. The zero-order chi connectivity index (χ0) is 11.5. The fourth-order valence-electron chi connectivity index (χ4n) is 1.90. The highest BCUT2D eigenvalue weighted by Crippen LogP contribution is 2.17. The van der Waals surface area contributed by atoms with Crippen molar-refractivity contribution in [3.8, 4) is 0 Å². The lowest BCUT2D eigenvalue weighted by atomic mass is 9.99. The predicted octanol–water partition coefficient (Wildman–Crippen LogP) is 2.09. The van der Waals surface area contributed by atoms with E-state index in [1.54, 1.807) is 0 Å². The quantitative estimate of drug-likeness (QED) is 0.682. The monoisotopic (exact) mass is 222 g/mol. The third kappa shape index (κ3) is 2.38. The SMILES string of the molecule is CC1CCN(C(=O)c2ccc(F)nc2)CC1. The second-order valence-electron chi connectivity index (χ2n) is 4.34. The first kappa shape index (κ1) is 11.0. The van der Waals surface area contributed by atoms with Crippen molar-refractivity contribution in [3.05, 3.63) is 29.8 Å². The highest BCUT2D eigenvalue weighted by atomic mass is 19.1. The van der Waals surface area contributed by atoms with Crippen LogP contribution in [0.5, 0.6) is 0 Å². The number of pyridine rings is 1. The fraction of sp³-hybridized carbons (Fsp3) is 0.500. The summed E-state index contributed by atoms with van der Waals surface area (Å²) in [4.78, 5) is 17.3. The van der Waals surface area contributed by atoms with Crippen LogP contribution >= 0.6 is 0 Å². The smallest absolute Gasteiger partial charge is 0.255 e. The van der Waals surface area contributed by atoms with E-state index >= 15 is 0 Å². The van der Waals surface area contributed by atoms with Gasteiger partial charge in [0.05, 0.1) is 5.56 Å². The first-order valence-corrected chi connectivity index (χ1v) is 5.57. The average Bonchev–Trinajstić information content (AvgIpc) is 2.30. The molecule has 1 saturated heterocycles. The lowest BCUT2D eigenvalue weighted by molar-refractivity contribution is 0.0696. The van der Waals surface area contributed by atoms with E-state index < -0.39 is 5.95 Å². The van der Waals surface area contributed by atoms with Crippen molar-refractivity contribution in [2.45, 2.75) is 19.8 Å². The van der Waals surface area contributed by atoms with Gasteiger partial charge < -0.3 is 4.90 Å². The number of piperidine rings is 1. The molecule has 0 bridgehead atoms. The standard InChI is InChI=1S/C12H15FN2O/c1-9-4-6-15(7-5-9)12(16)10-2-3-11(13)14-8-10/h2-3,8-9H,4-7H2,1H3. The maximum atomic E-state index is 12.6. The van der Waals surface area contributed by atoms with E-state index in [2.05, 4.69) is 11.9 Å². The maximum absolute atomic E-state index is 12.6. The highest BCUT2D eigenvalue weighted by molar-refractivity contribution is 5.93. The van der Waals surface area contributed by atoms with Gasteiger partial charge in [-0.1, -0.05) is 6.92 Å². The van der Waals surface area contributed by atoms with Gasteiger partial charge in [-0.05, 0) is 30.9 Å². The Kier molecular flexibility index (Phi) is 3.17. The Labute approximate surface area is 94.3 Å². The van der Waals surface area contributed by atoms with Crippen LogP contribution in [0.25, 0.3) is 0 Å². The van der Waals surface area contributed by atoms with E-state index in [1.165, 1.54) is 18.3 Å². The van der Waals surface area contributed by atoms with E-state index in [4.69, 9.17) is 0 Å². The van der Waals surface area contributed by atoms with Crippen molar-refractivity contribution in [2.24, 2.45) is 5.92 Å². The molecule has 1 fully saturated rings. The molecular weight excluding hydrogens is 207 g/mol. The Morgan fingerprint density at radius 1 is 1.44 bits per heavy atom. The molecule has 1 aliphatic heterocycles. The minimum absolute atomic E-state index is 0.0422. The Balaban J connectivity index is 2.05. The number of amides is 1. The Hall–Kier alpha value is -1.45. The molecule has 1 aromatic rings. The lowest BCUT2D eigenvalue weighted by Gasteiger charge is -2.30. The minimum Gasteiger partial charge on any atom is -0.339 e. The molecule has 0 spiro atoms. The molecule has 2 heterocycles. The normalized spacial score (nSPS) is 17.5.